The van der Waals surface area contributed by atoms with Crippen LogP contribution in [0, 0.1) is 0 Å². The maximum absolute atomic E-state index is 9.64. The molecular weight excluding hydrogens is 248 g/mol. The first-order chi connectivity index (χ1) is 9.84. The molecule has 0 aliphatic carbocycles. The minimum absolute atomic E-state index is 0.173. The predicted molar refractivity (Wildman–Crippen MR) is 86.1 cm³/mol. The number of ether oxygens (including phenoxy) is 1. The zero-order valence-corrected chi connectivity index (χ0v) is 13.6. The molecule has 1 rings (SSSR count). The van der Waals surface area contributed by atoms with E-state index in [0.717, 1.165) is 13.0 Å². The van der Waals surface area contributed by atoms with E-state index < -0.39 is 0 Å². The van der Waals surface area contributed by atoms with E-state index in [1.165, 1.54) is 83.5 Å². The van der Waals surface area contributed by atoms with Crippen LogP contribution in [0.25, 0.3) is 0 Å². The van der Waals surface area contributed by atoms with E-state index in [9.17, 15) is 5.11 Å². The highest BCUT2D eigenvalue weighted by molar-refractivity contribution is 4.77. The van der Waals surface area contributed by atoms with Crippen molar-refractivity contribution < 1.29 is 9.84 Å². The summed E-state index contributed by atoms with van der Waals surface area (Å²) in [5, 5.41) is 9.64. The molecule has 120 valence electrons. The van der Waals surface area contributed by atoms with Crippen molar-refractivity contribution in [2.24, 2.45) is 0 Å². The predicted octanol–water partition coefficient (Wildman–Crippen LogP) is 5.23. The van der Waals surface area contributed by atoms with Crippen molar-refractivity contribution >= 4 is 0 Å². The van der Waals surface area contributed by atoms with E-state index in [-0.39, 0.29) is 12.2 Å². The molecule has 1 N–H and O–H groups in total. The third-order valence-corrected chi connectivity index (χ3v) is 4.39. The van der Waals surface area contributed by atoms with Crippen LogP contribution in [0.2, 0.25) is 0 Å². The third kappa shape index (κ3) is 10.7. The highest BCUT2D eigenvalue weighted by Gasteiger charge is 2.30. The zero-order chi connectivity index (χ0) is 14.5. The molecule has 2 heteroatoms. The van der Waals surface area contributed by atoms with E-state index in [0.29, 0.717) is 0 Å². The number of unbranched alkanes of at least 4 members (excludes halogenated alkanes) is 12. The first-order valence-corrected chi connectivity index (χ1v) is 9.14. The molecule has 2 atom stereocenters. The topological polar surface area (TPSA) is 32.8 Å². The zero-order valence-electron chi connectivity index (χ0n) is 13.6. The summed E-state index contributed by atoms with van der Waals surface area (Å²) in [5.41, 5.74) is 0. The molecular formula is C18H36O2. The quantitative estimate of drug-likeness (QED) is 0.330. The SMILES string of the molecule is CCCCCCCCCCCCCCCC(O)C1CO1. The monoisotopic (exact) mass is 284 g/mol. The molecule has 1 aliphatic rings. The fourth-order valence-electron chi connectivity index (χ4n) is 2.83. The molecule has 20 heavy (non-hydrogen) atoms. The average molecular weight is 284 g/mol. The van der Waals surface area contributed by atoms with Crippen molar-refractivity contribution in [1.82, 2.24) is 0 Å². The summed E-state index contributed by atoms with van der Waals surface area (Å²) in [6, 6.07) is 0. The summed E-state index contributed by atoms with van der Waals surface area (Å²) in [6.07, 6.45) is 18.9. The van der Waals surface area contributed by atoms with Gasteiger partial charge in [0.05, 0.1) is 12.7 Å². The van der Waals surface area contributed by atoms with Crippen molar-refractivity contribution in [3.8, 4) is 0 Å². The van der Waals surface area contributed by atoms with E-state index in [2.05, 4.69) is 6.92 Å². The number of aliphatic hydroxyl groups excluding tert-OH is 1. The number of aliphatic hydroxyl groups is 1. The molecule has 0 amide bonds. The Morgan fingerprint density at radius 1 is 0.800 bits per heavy atom. The van der Waals surface area contributed by atoms with Crippen molar-refractivity contribution in [1.29, 1.82) is 0 Å². The number of hydrogen-bond acceptors (Lipinski definition) is 2. The Balaban J connectivity index is 1.66. The second-order valence-corrected chi connectivity index (χ2v) is 6.47. The lowest BCUT2D eigenvalue weighted by Gasteiger charge is -2.06. The van der Waals surface area contributed by atoms with Gasteiger partial charge >= 0.3 is 0 Å². The fourth-order valence-corrected chi connectivity index (χ4v) is 2.83. The van der Waals surface area contributed by atoms with Crippen LogP contribution in [0.4, 0.5) is 0 Å². The highest BCUT2D eigenvalue weighted by Crippen LogP contribution is 2.19. The van der Waals surface area contributed by atoms with Gasteiger partial charge in [-0.1, -0.05) is 90.4 Å². The van der Waals surface area contributed by atoms with Crippen molar-refractivity contribution in [3.05, 3.63) is 0 Å². The maximum Gasteiger partial charge on any atom is 0.107 e. The Bertz CT molecular complexity index is 202. The van der Waals surface area contributed by atoms with Crippen molar-refractivity contribution in [3.63, 3.8) is 0 Å². The average Bonchev–Trinajstić information content (AvgIpc) is 3.28. The van der Waals surface area contributed by atoms with Crippen molar-refractivity contribution in [2.75, 3.05) is 6.61 Å². The standard InChI is InChI=1S/C18H36O2/c1-2-3-4-5-6-7-8-9-10-11-12-13-14-15-17(19)18-16-20-18/h17-19H,2-16H2,1H3. The third-order valence-electron chi connectivity index (χ3n) is 4.39. The second-order valence-electron chi connectivity index (χ2n) is 6.47. The van der Waals surface area contributed by atoms with Gasteiger partial charge in [0.1, 0.15) is 6.10 Å². The van der Waals surface area contributed by atoms with Crippen LogP contribution in [-0.2, 0) is 4.74 Å². The van der Waals surface area contributed by atoms with Gasteiger partial charge in [-0.2, -0.15) is 0 Å². The van der Waals surface area contributed by atoms with E-state index in [1.54, 1.807) is 0 Å². The molecule has 0 aromatic rings. The van der Waals surface area contributed by atoms with Gasteiger partial charge in [0, 0.05) is 0 Å². The van der Waals surface area contributed by atoms with Gasteiger partial charge in [-0.25, -0.2) is 0 Å². The van der Waals surface area contributed by atoms with E-state index >= 15 is 0 Å². The van der Waals surface area contributed by atoms with Crippen LogP contribution in [0.5, 0.6) is 0 Å². The Morgan fingerprint density at radius 3 is 1.60 bits per heavy atom. The molecule has 1 fully saturated rings. The molecule has 0 radical (unpaired) electrons. The van der Waals surface area contributed by atoms with Gasteiger partial charge in [0.25, 0.3) is 0 Å². The summed E-state index contributed by atoms with van der Waals surface area (Å²) >= 11 is 0. The summed E-state index contributed by atoms with van der Waals surface area (Å²) in [4.78, 5) is 0. The van der Waals surface area contributed by atoms with Crippen LogP contribution in [0.1, 0.15) is 96.8 Å². The fraction of sp³-hybridized carbons (Fsp3) is 1.00. The molecule has 2 nitrogen and oxygen atoms in total. The number of hydrogen-bond donors (Lipinski definition) is 1. The van der Waals surface area contributed by atoms with E-state index in [4.69, 9.17) is 4.74 Å². The van der Waals surface area contributed by atoms with Crippen molar-refractivity contribution in [2.45, 2.75) is 109 Å². The lowest BCUT2D eigenvalue weighted by Crippen LogP contribution is -2.13. The summed E-state index contributed by atoms with van der Waals surface area (Å²) < 4.78 is 5.08. The van der Waals surface area contributed by atoms with Crippen LogP contribution in [-0.4, -0.2) is 23.9 Å². The smallest absolute Gasteiger partial charge is 0.107 e. The lowest BCUT2D eigenvalue weighted by atomic mass is 10.0. The molecule has 0 saturated carbocycles. The molecule has 0 spiro atoms. The number of rotatable bonds is 15. The van der Waals surface area contributed by atoms with Gasteiger partial charge in [-0.3, -0.25) is 0 Å². The summed E-state index contributed by atoms with van der Waals surface area (Å²) in [6.45, 7) is 3.06. The number of epoxide rings is 1. The Kier molecular flexibility index (Phi) is 11.4. The minimum Gasteiger partial charge on any atom is -0.390 e. The molecule has 0 aromatic heterocycles. The van der Waals surface area contributed by atoms with Crippen LogP contribution in [0.3, 0.4) is 0 Å². The van der Waals surface area contributed by atoms with Gasteiger partial charge < -0.3 is 9.84 Å². The maximum atomic E-state index is 9.64. The molecule has 0 bridgehead atoms. The van der Waals surface area contributed by atoms with E-state index in [1.807, 2.05) is 0 Å². The Morgan fingerprint density at radius 2 is 1.20 bits per heavy atom. The molecule has 1 saturated heterocycles. The van der Waals surface area contributed by atoms with Gasteiger partial charge in [-0.05, 0) is 6.42 Å². The highest BCUT2D eigenvalue weighted by atomic mass is 16.6. The van der Waals surface area contributed by atoms with Gasteiger partial charge in [0.15, 0.2) is 0 Å². The van der Waals surface area contributed by atoms with Gasteiger partial charge in [-0.15, -0.1) is 0 Å². The largest absolute Gasteiger partial charge is 0.390 e. The van der Waals surface area contributed by atoms with Gasteiger partial charge in [0.2, 0.25) is 0 Å². The second kappa shape index (κ2) is 12.6. The molecule has 0 aromatic carbocycles. The summed E-state index contributed by atoms with van der Waals surface area (Å²) in [7, 11) is 0. The van der Waals surface area contributed by atoms with Crippen LogP contribution in [0.15, 0.2) is 0 Å². The first kappa shape index (κ1) is 18.0. The Hall–Kier alpha value is -0.0800. The minimum atomic E-state index is -0.192. The summed E-state index contributed by atoms with van der Waals surface area (Å²) in [5.74, 6) is 0. The first-order valence-electron chi connectivity index (χ1n) is 9.14. The lowest BCUT2D eigenvalue weighted by molar-refractivity contribution is 0.123. The normalized spacial score (nSPS) is 19.2. The molecule has 1 heterocycles. The Labute approximate surface area is 126 Å². The van der Waals surface area contributed by atoms with Crippen LogP contribution < -0.4 is 0 Å². The molecule has 2 unspecified atom stereocenters. The van der Waals surface area contributed by atoms with Crippen LogP contribution >= 0.6 is 0 Å². The molecule has 1 aliphatic heterocycles.